The Labute approximate surface area is 155 Å². The van der Waals surface area contributed by atoms with E-state index in [0.29, 0.717) is 12.8 Å². The molecule has 0 amide bonds. The van der Waals surface area contributed by atoms with Crippen molar-refractivity contribution in [2.45, 2.75) is 19.0 Å². The highest BCUT2D eigenvalue weighted by Crippen LogP contribution is 2.26. The van der Waals surface area contributed by atoms with Crippen LogP contribution >= 0.6 is 0 Å². The first kappa shape index (κ1) is 16.5. The molecule has 0 aromatic rings. The molecule has 2 atom stereocenters. The number of hydrazine groups is 1. The van der Waals surface area contributed by atoms with Gasteiger partial charge >= 0.3 is 0 Å². The molecule has 0 aromatic heterocycles. The smallest absolute Gasteiger partial charge is 0.0778 e. The predicted molar refractivity (Wildman–Crippen MR) is 105 cm³/mol. The molecule has 1 unspecified atom stereocenters. The largest absolute Gasteiger partial charge is 0.675 e. The van der Waals surface area contributed by atoms with E-state index in [4.69, 9.17) is 6.42 Å². The summed E-state index contributed by atoms with van der Waals surface area (Å²) in [7, 11) is 0. The van der Waals surface area contributed by atoms with Gasteiger partial charge in [0.1, 0.15) is 0 Å². The number of nitrogens with one attached hydrogen (secondary N) is 2. The third kappa shape index (κ3) is 3.68. The molecule has 4 aliphatic rings. The Kier molecular flexibility index (Phi) is 4.80. The van der Waals surface area contributed by atoms with Gasteiger partial charge in [0, 0.05) is 17.1 Å². The van der Waals surface area contributed by atoms with Gasteiger partial charge in [-0.2, -0.15) is 0 Å². The number of hydrogen-bond acceptors (Lipinski definition) is 3. The van der Waals surface area contributed by atoms with Gasteiger partial charge in [-0.05, 0) is 49.1 Å². The Morgan fingerprint density at radius 1 is 1.23 bits per heavy atom. The molecule has 4 rings (SSSR count). The molecule has 0 saturated carbocycles. The topological polar surface area (TPSA) is 41.4 Å². The summed E-state index contributed by atoms with van der Waals surface area (Å²) in [6, 6.07) is 0. The summed E-state index contributed by atoms with van der Waals surface area (Å²) in [4.78, 5) is 0. The molecule has 1 saturated heterocycles. The van der Waals surface area contributed by atoms with Crippen LogP contribution in [0.4, 0.5) is 0 Å². The number of hydrogen-bond donors (Lipinski definition) is 2. The highest BCUT2D eigenvalue weighted by atomic mass is 15.6. The zero-order chi connectivity index (χ0) is 17.8. The first-order valence-corrected chi connectivity index (χ1v) is 8.94. The second-order valence-electron chi connectivity index (χ2n) is 6.59. The fraction of sp³-hybridized carbons (Fsp3) is 0.273. The Balaban J connectivity index is 1.45. The molecular weight excluding hydrogens is 320 g/mol. The van der Waals surface area contributed by atoms with E-state index >= 15 is 0 Å². The lowest BCUT2D eigenvalue weighted by Gasteiger charge is -2.39. The highest BCUT2D eigenvalue weighted by molar-refractivity contribution is 5.55. The standard InChI is InChI=1S/C22H21N4/c1-2-17-5-3-6-19-14-18(8-10-20(19)13-17)9-11-21-15-23-16-26(25-21)22-7-4-12-24-22/h1,3,5-6,8,10,13-15,19,22,24-25H,4,7,12,16H2/q-1/t19?,22-/m1/s1. The van der Waals surface area contributed by atoms with E-state index in [1.807, 2.05) is 24.4 Å². The molecule has 26 heavy (non-hydrogen) atoms. The zero-order valence-electron chi connectivity index (χ0n) is 14.6. The quantitative estimate of drug-likeness (QED) is 0.721. The van der Waals surface area contributed by atoms with E-state index in [1.165, 1.54) is 12.0 Å². The fourth-order valence-electron chi connectivity index (χ4n) is 3.38. The SMILES string of the molecule is C#CC1=CC=CC2C=C(C#CC3=C[N-]CN([C@@H]4CCCN4)N3)C=CC2=C1. The summed E-state index contributed by atoms with van der Waals surface area (Å²) in [5, 5.41) is 10.0. The number of allylic oxidation sites excluding steroid dienone is 11. The molecule has 2 N–H and O–H groups in total. The lowest BCUT2D eigenvalue weighted by molar-refractivity contribution is 0.143. The second kappa shape index (κ2) is 7.54. The van der Waals surface area contributed by atoms with E-state index < -0.39 is 0 Å². The van der Waals surface area contributed by atoms with Crippen molar-refractivity contribution in [1.82, 2.24) is 15.8 Å². The molecule has 0 radical (unpaired) electrons. The zero-order valence-corrected chi connectivity index (χ0v) is 14.6. The van der Waals surface area contributed by atoms with Crippen LogP contribution < -0.4 is 10.7 Å². The molecule has 130 valence electrons. The summed E-state index contributed by atoms with van der Waals surface area (Å²) in [6.45, 7) is 1.71. The van der Waals surface area contributed by atoms with Crippen molar-refractivity contribution >= 4 is 0 Å². The minimum absolute atomic E-state index is 0.212. The first-order chi connectivity index (χ1) is 12.8. The molecule has 0 bridgehead atoms. The average molecular weight is 341 g/mol. The third-order valence-electron chi connectivity index (χ3n) is 4.75. The monoisotopic (exact) mass is 341 g/mol. The number of nitrogens with zero attached hydrogens (tertiary/aromatic N) is 2. The van der Waals surface area contributed by atoms with Crippen LogP contribution in [0.3, 0.4) is 0 Å². The van der Waals surface area contributed by atoms with Gasteiger partial charge in [-0.3, -0.25) is 0 Å². The van der Waals surface area contributed by atoms with E-state index in [9.17, 15) is 0 Å². The fourth-order valence-corrected chi connectivity index (χ4v) is 3.38. The van der Waals surface area contributed by atoms with Crippen LogP contribution in [-0.2, 0) is 0 Å². The van der Waals surface area contributed by atoms with Gasteiger partial charge in [-0.1, -0.05) is 42.8 Å². The van der Waals surface area contributed by atoms with Crippen LogP contribution in [0, 0.1) is 30.1 Å². The van der Waals surface area contributed by atoms with Crippen LogP contribution in [0.5, 0.6) is 0 Å². The summed E-state index contributed by atoms with van der Waals surface area (Å²) in [5.74, 6) is 9.36. The van der Waals surface area contributed by atoms with Crippen molar-refractivity contribution in [3.8, 4) is 24.2 Å². The number of rotatable bonds is 1. The van der Waals surface area contributed by atoms with Crippen molar-refractivity contribution < 1.29 is 0 Å². The predicted octanol–water partition coefficient (Wildman–Crippen LogP) is 2.86. The molecule has 4 heteroatoms. The Bertz CT molecular complexity index is 858. The van der Waals surface area contributed by atoms with Crippen LogP contribution in [0.2, 0.25) is 0 Å². The van der Waals surface area contributed by atoms with Crippen molar-refractivity contribution in [2.75, 3.05) is 13.2 Å². The van der Waals surface area contributed by atoms with Gasteiger partial charge in [0.2, 0.25) is 0 Å². The lowest BCUT2D eigenvalue weighted by atomic mass is 9.90. The van der Waals surface area contributed by atoms with E-state index in [-0.39, 0.29) is 5.92 Å². The van der Waals surface area contributed by atoms with Gasteiger partial charge in [0.15, 0.2) is 0 Å². The summed E-state index contributed by atoms with van der Waals surface area (Å²) in [5.41, 5.74) is 7.28. The van der Waals surface area contributed by atoms with Gasteiger partial charge in [0.25, 0.3) is 0 Å². The third-order valence-corrected chi connectivity index (χ3v) is 4.75. The Hall–Kier alpha value is -2.92. The molecule has 2 aliphatic carbocycles. The number of terminal acetylenes is 1. The maximum atomic E-state index is 5.52. The highest BCUT2D eigenvalue weighted by Gasteiger charge is 2.20. The Morgan fingerprint density at radius 3 is 3.04 bits per heavy atom. The first-order valence-electron chi connectivity index (χ1n) is 8.94. The average Bonchev–Trinajstić information content (AvgIpc) is 3.14. The van der Waals surface area contributed by atoms with Crippen LogP contribution in [0.15, 0.2) is 71.1 Å². The van der Waals surface area contributed by atoms with Crippen molar-refractivity contribution in [3.63, 3.8) is 0 Å². The van der Waals surface area contributed by atoms with Gasteiger partial charge in [-0.25, -0.2) is 5.01 Å². The molecule has 1 fully saturated rings. The molecule has 2 heterocycles. The van der Waals surface area contributed by atoms with Gasteiger partial charge in [0.05, 0.1) is 11.9 Å². The molecule has 0 spiro atoms. The minimum Gasteiger partial charge on any atom is -0.675 e. The van der Waals surface area contributed by atoms with E-state index in [0.717, 1.165) is 29.8 Å². The maximum absolute atomic E-state index is 5.52. The van der Waals surface area contributed by atoms with Crippen molar-refractivity contribution in [3.05, 3.63) is 76.5 Å². The van der Waals surface area contributed by atoms with Gasteiger partial charge in [-0.15, -0.1) is 12.6 Å². The number of fused-ring (bicyclic) bond motifs is 1. The summed E-state index contributed by atoms with van der Waals surface area (Å²) < 4.78 is 0. The lowest BCUT2D eigenvalue weighted by Crippen LogP contribution is -2.51. The van der Waals surface area contributed by atoms with Crippen molar-refractivity contribution in [2.24, 2.45) is 5.92 Å². The normalized spacial score (nSPS) is 27.2. The van der Waals surface area contributed by atoms with E-state index in [1.54, 1.807) is 0 Å². The molecular formula is C22H21N4-. The minimum atomic E-state index is 0.212. The Morgan fingerprint density at radius 2 is 2.19 bits per heavy atom. The second-order valence-corrected chi connectivity index (χ2v) is 6.59. The van der Waals surface area contributed by atoms with E-state index in [2.05, 4.69) is 63.1 Å². The maximum Gasteiger partial charge on any atom is 0.0778 e. The van der Waals surface area contributed by atoms with Crippen LogP contribution in [0.1, 0.15) is 12.8 Å². The van der Waals surface area contributed by atoms with Crippen molar-refractivity contribution in [1.29, 1.82) is 0 Å². The molecule has 2 aliphatic heterocycles. The van der Waals surface area contributed by atoms with Crippen LogP contribution in [-0.4, -0.2) is 24.4 Å². The van der Waals surface area contributed by atoms with Crippen LogP contribution in [0.25, 0.3) is 5.32 Å². The molecule has 0 aromatic carbocycles. The van der Waals surface area contributed by atoms with Gasteiger partial charge < -0.3 is 16.1 Å². The summed E-state index contributed by atoms with van der Waals surface area (Å²) >= 11 is 0. The molecule has 4 nitrogen and oxygen atoms in total. The summed E-state index contributed by atoms with van der Waals surface area (Å²) in [6.07, 6.45) is 24.5.